The number of phenols is 1. The number of rotatable bonds is 9. The molecule has 2 aromatic carbocycles. The van der Waals surface area contributed by atoms with Gasteiger partial charge in [0.1, 0.15) is 34.5 Å². The van der Waals surface area contributed by atoms with Gasteiger partial charge in [-0.05, 0) is 84.8 Å². The van der Waals surface area contributed by atoms with E-state index in [4.69, 9.17) is 5.73 Å². The van der Waals surface area contributed by atoms with Crippen LogP contribution >= 0.6 is 0 Å². The minimum absolute atomic E-state index is 0.0286. The van der Waals surface area contributed by atoms with Gasteiger partial charge in [-0.15, -0.1) is 0 Å². The van der Waals surface area contributed by atoms with E-state index >= 15 is 0 Å². The van der Waals surface area contributed by atoms with E-state index in [9.17, 15) is 18.7 Å². The number of carbonyl (C=O) groups excluding carboxylic acids is 1. The molecular weight excluding hydrogens is 576 g/mol. The zero-order valence-corrected chi connectivity index (χ0v) is 24.4. The summed E-state index contributed by atoms with van der Waals surface area (Å²) in [4.78, 5) is 21.4. The zero-order chi connectivity index (χ0) is 31.5. The minimum atomic E-state index is -0.481. The van der Waals surface area contributed by atoms with Crippen molar-refractivity contribution in [2.75, 3.05) is 5.32 Å². The van der Waals surface area contributed by atoms with Gasteiger partial charge in [0.2, 0.25) is 0 Å². The van der Waals surface area contributed by atoms with Gasteiger partial charge in [-0.3, -0.25) is 4.79 Å². The third kappa shape index (κ3) is 6.78. The average molecular weight is 610 g/mol. The van der Waals surface area contributed by atoms with Crippen LogP contribution in [0.3, 0.4) is 0 Å². The van der Waals surface area contributed by atoms with E-state index in [1.165, 1.54) is 35.0 Å². The van der Waals surface area contributed by atoms with E-state index in [0.29, 0.717) is 22.7 Å². The van der Waals surface area contributed by atoms with Crippen molar-refractivity contribution in [1.82, 2.24) is 25.0 Å². The van der Waals surface area contributed by atoms with Gasteiger partial charge in [-0.2, -0.15) is 0 Å². The summed E-state index contributed by atoms with van der Waals surface area (Å²) in [7, 11) is 0. The average Bonchev–Trinajstić information content (AvgIpc) is 3.46. The Bertz CT molecular complexity index is 1880. The molecule has 1 aliphatic carbocycles. The first-order chi connectivity index (χ1) is 21.7. The highest BCUT2D eigenvalue weighted by molar-refractivity contribution is 5.93. The van der Waals surface area contributed by atoms with Crippen molar-refractivity contribution in [3.05, 3.63) is 114 Å². The minimum Gasteiger partial charge on any atom is -0.508 e. The Morgan fingerprint density at radius 3 is 2.53 bits per heavy atom. The van der Waals surface area contributed by atoms with E-state index in [1.807, 2.05) is 30.3 Å². The molecule has 3 aromatic heterocycles. The fraction of sp³-hybridized carbons (Fsp3) is 0.206. The SMILES string of the molecule is C=C(N[C@H]1CC[C@@H](NC(=O)c2cn3cc(F)ccc3n2)CC1)c1cc(F)cnc1Nc1cccc(-c2ccc(O)cc2CN)c1. The second-order valence-corrected chi connectivity index (χ2v) is 11.2. The second kappa shape index (κ2) is 12.7. The lowest BCUT2D eigenvalue weighted by Crippen LogP contribution is -2.41. The Morgan fingerprint density at radius 2 is 1.76 bits per heavy atom. The molecule has 0 aliphatic heterocycles. The number of benzene rings is 2. The lowest BCUT2D eigenvalue weighted by molar-refractivity contribution is 0.0920. The number of aromatic nitrogens is 3. The van der Waals surface area contributed by atoms with Gasteiger partial charge in [-0.25, -0.2) is 18.7 Å². The highest BCUT2D eigenvalue weighted by Crippen LogP contribution is 2.31. The quantitative estimate of drug-likeness (QED) is 0.141. The van der Waals surface area contributed by atoms with Gasteiger partial charge in [0.25, 0.3) is 5.91 Å². The Morgan fingerprint density at radius 1 is 0.978 bits per heavy atom. The Hall–Kier alpha value is -5.29. The number of hydrogen-bond acceptors (Lipinski definition) is 7. The van der Waals surface area contributed by atoms with Crippen molar-refractivity contribution < 1.29 is 18.7 Å². The van der Waals surface area contributed by atoms with Crippen molar-refractivity contribution in [1.29, 1.82) is 0 Å². The second-order valence-electron chi connectivity index (χ2n) is 11.2. The summed E-state index contributed by atoms with van der Waals surface area (Å²) < 4.78 is 29.4. The topological polar surface area (TPSA) is 130 Å². The lowest BCUT2D eigenvalue weighted by Gasteiger charge is -2.31. The van der Waals surface area contributed by atoms with E-state index in [1.54, 1.807) is 12.1 Å². The molecule has 230 valence electrons. The van der Waals surface area contributed by atoms with Crippen molar-refractivity contribution in [2.45, 2.75) is 44.3 Å². The zero-order valence-electron chi connectivity index (χ0n) is 24.4. The number of nitrogens with zero attached hydrogens (tertiary/aromatic N) is 3. The van der Waals surface area contributed by atoms with Gasteiger partial charge >= 0.3 is 0 Å². The number of pyridine rings is 2. The number of halogens is 2. The van der Waals surface area contributed by atoms with Crippen molar-refractivity contribution in [3.8, 4) is 16.9 Å². The lowest BCUT2D eigenvalue weighted by atomic mass is 9.90. The van der Waals surface area contributed by atoms with Crippen molar-refractivity contribution in [3.63, 3.8) is 0 Å². The third-order valence-corrected chi connectivity index (χ3v) is 8.01. The van der Waals surface area contributed by atoms with Crippen LogP contribution in [-0.4, -0.2) is 37.5 Å². The molecule has 0 saturated heterocycles. The number of hydrogen-bond donors (Lipinski definition) is 5. The maximum absolute atomic E-state index is 14.4. The monoisotopic (exact) mass is 609 g/mol. The summed E-state index contributed by atoms with van der Waals surface area (Å²) in [5, 5.41) is 19.6. The van der Waals surface area contributed by atoms with E-state index in [-0.39, 0.29) is 36.0 Å². The number of aromatic hydroxyl groups is 1. The van der Waals surface area contributed by atoms with Crippen LogP contribution in [0.15, 0.2) is 85.8 Å². The molecule has 11 heteroatoms. The van der Waals surface area contributed by atoms with Crippen LogP contribution < -0.4 is 21.7 Å². The van der Waals surface area contributed by atoms with E-state index in [0.717, 1.165) is 54.3 Å². The van der Waals surface area contributed by atoms with E-state index < -0.39 is 11.6 Å². The van der Waals surface area contributed by atoms with Crippen LogP contribution in [0.4, 0.5) is 20.3 Å². The van der Waals surface area contributed by atoms with Crippen LogP contribution in [0.5, 0.6) is 5.75 Å². The molecule has 6 rings (SSSR count). The molecule has 6 N–H and O–H groups in total. The first kappa shape index (κ1) is 29.8. The molecule has 45 heavy (non-hydrogen) atoms. The molecule has 0 radical (unpaired) electrons. The molecule has 0 spiro atoms. The Labute approximate surface area is 258 Å². The fourth-order valence-corrected chi connectivity index (χ4v) is 5.74. The number of anilines is 2. The van der Waals surface area contributed by atoms with Crippen LogP contribution in [0.25, 0.3) is 22.5 Å². The number of nitrogens with two attached hydrogens (primary N) is 1. The summed E-state index contributed by atoms with van der Waals surface area (Å²) in [6.07, 6.45) is 6.96. The molecule has 3 heterocycles. The summed E-state index contributed by atoms with van der Waals surface area (Å²) in [6.45, 7) is 4.46. The number of fused-ring (bicyclic) bond motifs is 1. The molecule has 5 aromatic rings. The van der Waals surface area contributed by atoms with Gasteiger partial charge in [0.05, 0.1) is 6.20 Å². The predicted molar refractivity (Wildman–Crippen MR) is 170 cm³/mol. The number of nitrogens with one attached hydrogen (secondary N) is 3. The molecule has 1 fully saturated rings. The van der Waals surface area contributed by atoms with Gasteiger partial charge in [0, 0.05) is 48.0 Å². The maximum atomic E-state index is 14.4. The number of carbonyl (C=O) groups is 1. The highest BCUT2D eigenvalue weighted by Gasteiger charge is 2.25. The van der Waals surface area contributed by atoms with Gasteiger partial charge < -0.3 is 31.2 Å². The summed E-state index contributed by atoms with van der Waals surface area (Å²) in [5.74, 6) is -0.582. The Kier molecular flexibility index (Phi) is 8.43. The maximum Gasteiger partial charge on any atom is 0.271 e. The van der Waals surface area contributed by atoms with E-state index in [2.05, 4.69) is 32.5 Å². The number of imidazole rings is 1. The largest absolute Gasteiger partial charge is 0.508 e. The van der Waals surface area contributed by atoms with Crippen LogP contribution in [0, 0.1) is 11.6 Å². The summed E-state index contributed by atoms with van der Waals surface area (Å²) in [5.41, 5.74) is 11.0. The summed E-state index contributed by atoms with van der Waals surface area (Å²) >= 11 is 0. The molecule has 9 nitrogen and oxygen atoms in total. The molecule has 1 saturated carbocycles. The molecule has 1 aliphatic rings. The van der Waals surface area contributed by atoms with Crippen LogP contribution in [0.1, 0.15) is 47.3 Å². The fourth-order valence-electron chi connectivity index (χ4n) is 5.74. The molecular formula is C34H33F2N7O2. The number of amides is 1. The Balaban J connectivity index is 1.09. The van der Waals surface area contributed by atoms with Gasteiger partial charge in [-0.1, -0.05) is 24.8 Å². The third-order valence-electron chi connectivity index (χ3n) is 8.01. The standard InChI is InChI=1S/C34H33F2N7O2/c1-20(39-25-6-8-26(9-7-25)41-34(45)31-19-43-18-23(35)5-12-32(43)42-31)30-15-24(36)17-38-33(30)40-27-4-2-3-21(13-27)29-11-10-28(44)14-22(29)16-37/h2-5,10-15,17-19,25-26,39,44H,1,6-9,16,37H2,(H,38,40)(H,41,45)/t25-,26+. The first-order valence-electron chi connectivity index (χ1n) is 14.7. The molecule has 1 amide bonds. The smallest absolute Gasteiger partial charge is 0.271 e. The highest BCUT2D eigenvalue weighted by atomic mass is 19.1. The van der Waals surface area contributed by atoms with Crippen molar-refractivity contribution in [2.24, 2.45) is 5.73 Å². The number of phenolic OH excluding ortho intramolecular Hbond substituents is 1. The molecule has 0 bridgehead atoms. The normalized spacial score (nSPS) is 16.3. The van der Waals surface area contributed by atoms with Crippen LogP contribution in [0.2, 0.25) is 0 Å². The van der Waals surface area contributed by atoms with Crippen LogP contribution in [-0.2, 0) is 6.54 Å². The predicted octanol–water partition coefficient (Wildman–Crippen LogP) is 5.88. The molecule has 0 atom stereocenters. The molecule has 0 unspecified atom stereocenters. The van der Waals surface area contributed by atoms with Crippen molar-refractivity contribution >= 4 is 28.8 Å². The summed E-state index contributed by atoms with van der Waals surface area (Å²) in [6, 6.07) is 17.0. The first-order valence-corrected chi connectivity index (χ1v) is 14.7. The van der Waals surface area contributed by atoms with Gasteiger partial charge in [0.15, 0.2) is 0 Å².